The van der Waals surface area contributed by atoms with Gasteiger partial charge in [0.1, 0.15) is 0 Å². The summed E-state index contributed by atoms with van der Waals surface area (Å²) in [7, 11) is 0. The molecule has 0 aromatic carbocycles. The maximum atomic E-state index is 4.07. The van der Waals surface area contributed by atoms with Crippen molar-refractivity contribution in [2.45, 2.75) is 39.2 Å². The van der Waals surface area contributed by atoms with Crippen molar-refractivity contribution >= 4 is 0 Å². The average molecular weight is 204 g/mol. The Balaban J connectivity index is 2.09. The van der Waals surface area contributed by atoms with E-state index in [2.05, 4.69) is 43.2 Å². The summed E-state index contributed by atoms with van der Waals surface area (Å²) in [5, 5.41) is 3.56. The number of hydrogen-bond acceptors (Lipinski definition) is 2. The molecule has 2 atom stereocenters. The van der Waals surface area contributed by atoms with Gasteiger partial charge in [0, 0.05) is 18.4 Å². The number of pyridine rings is 1. The van der Waals surface area contributed by atoms with Crippen molar-refractivity contribution in [3.8, 4) is 0 Å². The van der Waals surface area contributed by atoms with Crippen LogP contribution in [0, 0.1) is 5.41 Å². The first kappa shape index (κ1) is 10.6. The average Bonchev–Trinajstić information content (AvgIpc) is 2.25. The quantitative estimate of drug-likeness (QED) is 0.818. The summed E-state index contributed by atoms with van der Waals surface area (Å²) in [6.07, 6.45) is 5.04. The van der Waals surface area contributed by atoms with Crippen LogP contribution in [0.15, 0.2) is 24.5 Å². The Morgan fingerprint density at radius 3 is 2.60 bits per heavy atom. The summed E-state index contributed by atoms with van der Waals surface area (Å²) in [5.74, 6) is 0.685. The van der Waals surface area contributed by atoms with E-state index in [0.717, 1.165) is 6.54 Å². The zero-order valence-electron chi connectivity index (χ0n) is 9.83. The normalized spacial score (nSPS) is 28.5. The van der Waals surface area contributed by atoms with E-state index >= 15 is 0 Å². The van der Waals surface area contributed by atoms with Crippen molar-refractivity contribution in [2.75, 3.05) is 6.54 Å². The van der Waals surface area contributed by atoms with E-state index < -0.39 is 0 Å². The molecule has 1 heterocycles. The van der Waals surface area contributed by atoms with Crippen molar-refractivity contribution in [3.63, 3.8) is 0 Å². The van der Waals surface area contributed by atoms with Gasteiger partial charge < -0.3 is 5.32 Å². The minimum absolute atomic E-state index is 0.372. The van der Waals surface area contributed by atoms with Crippen LogP contribution in [-0.2, 0) is 0 Å². The predicted octanol–water partition coefficient (Wildman–Crippen LogP) is 2.57. The molecule has 0 spiro atoms. The molecule has 1 aromatic rings. The molecule has 0 radical (unpaired) electrons. The molecule has 1 aliphatic rings. The fourth-order valence-electron chi connectivity index (χ4n) is 2.68. The topological polar surface area (TPSA) is 24.9 Å². The third-order valence-corrected chi connectivity index (χ3v) is 3.83. The third-order valence-electron chi connectivity index (χ3n) is 3.83. The molecular weight excluding hydrogens is 184 g/mol. The van der Waals surface area contributed by atoms with E-state index in [0.29, 0.717) is 17.4 Å². The molecule has 0 bridgehead atoms. The minimum Gasteiger partial charge on any atom is -0.314 e. The summed E-state index contributed by atoms with van der Waals surface area (Å²) in [6, 6.07) is 4.96. The highest BCUT2D eigenvalue weighted by molar-refractivity contribution is 5.25. The van der Waals surface area contributed by atoms with E-state index in [1.807, 2.05) is 12.4 Å². The Bertz CT molecular complexity index is 319. The predicted molar refractivity (Wildman–Crippen MR) is 62.8 cm³/mol. The number of aromatic nitrogens is 1. The Morgan fingerprint density at radius 2 is 2.07 bits per heavy atom. The van der Waals surface area contributed by atoms with Gasteiger partial charge in [-0.1, -0.05) is 20.8 Å². The lowest BCUT2D eigenvalue weighted by molar-refractivity contribution is 0.0706. The molecule has 1 aromatic heterocycles. The SMILES string of the molecule is CCNC1CC(c2ccncc2)C1(C)C. The number of hydrogen-bond donors (Lipinski definition) is 1. The first-order valence-corrected chi connectivity index (χ1v) is 5.79. The van der Waals surface area contributed by atoms with Gasteiger partial charge in [-0.3, -0.25) is 4.98 Å². The molecule has 2 nitrogen and oxygen atoms in total. The van der Waals surface area contributed by atoms with Crippen molar-refractivity contribution in [1.82, 2.24) is 10.3 Å². The Hall–Kier alpha value is -0.890. The van der Waals surface area contributed by atoms with E-state index in [4.69, 9.17) is 0 Å². The second-order valence-electron chi connectivity index (χ2n) is 5.00. The molecule has 15 heavy (non-hydrogen) atoms. The van der Waals surface area contributed by atoms with Crippen molar-refractivity contribution in [1.29, 1.82) is 0 Å². The van der Waals surface area contributed by atoms with Gasteiger partial charge in [0.2, 0.25) is 0 Å². The molecule has 2 rings (SSSR count). The molecule has 1 fully saturated rings. The standard InChI is InChI=1S/C13H20N2/c1-4-15-12-9-11(13(12,2)3)10-5-7-14-8-6-10/h5-8,11-12,15H,4,9H2,1-3H3. The first-order chi connectivity index (χ1) is 7.16. The maximum absolute atomic E-state index is 4.07. The second kappa shape index (κ2) is 3.93. The molecule has 1 N–H and O–H groups in total. The molecule has 1 saturated carbocycles. The van der Waals surface area contributed by atoms with E-state index in [-0.39, 0.29) is 0 Å². The largest absolute Gasteiger partial charge is 0.314 e. The Labute approximate surface area is 92.1 Å². The second-order valence-corrected chi connectivity index (χ2v) is 5.00. The van der Waals surface area contributed by atoms with Crippen molar-refractivity contribution < 1.29 is 0 Å². The highest BCUT2D eigenvalue weighted by Gasteiger charge is 2.47. The van der Waals surface area contributed by atoms with Gasteiger partial charge in [-0.05, 0) is 42.0 Å². The molecule has 2 unspecified atom stereocenters. The first-order valence-electron chi connectivity index (χ1n) is 5.79. The molecule has 1 aliphatic carbocycles. The van der Waals surface area contributed by atoms with Gasteiger partial charge in [-0.15, -0.1) is 0 Å². The summed E-state index contributed by atoms with van der Waals surface area (Å²) in [6.45, 7) is 7.96. The van der Waals surface area contributed by atoms with Gasteiger partial charge in [0.15, 0.2) is 0 Å². The molecule has 82 valence electrons. The lowest BCUT2D eigenvalue weighted by Crippen LogP contribution is -2.55. The lowest BCUT2D eigenvalue weighted by atomic mass is 9.56. The number of nitrogens with one attached hydrogen (secondary N) is 1. The Kier molecular flexibility index (Phi) is 2.79. The molecular formula is C13H20N2. The van der Waals surface area contributed by atoms with E-state index in [1.165, 1.54) is 12.0 Å². The lowest BCUT2D eigenvalue weighted by Gasteiger charge is -2.53. The van der Waals surface area contributed by atoms with Gasteiger partial charge >= 0.3 is 0 Å². The van der Waals surface area contributed by atoms with Crippen LogP contribution in [0.25, 0.3) is 0 Å². The number of nitrogens with zero attached hydrogens (tertiary/aromatic N) is 1. The van der Waals surface area contributed by atoms with Crippen molar-refractivity contribution in [3.05, 3.63) is 30.1 Å². The number of rotatable bonds is 3. The van der Waals surface area contributed by atoms with Crippen LogP contribution in [0.1, 0.15) is 38.7 Å². The van der Waals surface area contributed by atoms with Crippen molar-refractivity contribution in [2.24, 2.45) is 5.41 Å². The van der Waals surface area contributed by atoms with E-state index in [1.54, 1.807) is 0 Å². The van der Waals surface area contributed by atoms with Crippen LogP contribution in [0.2, 0.25) is 0 Å². The van der Waals surface area contributed by atoms with Crippen LogP contribution in [0.3, 0.4) is 0 Å². The third kappa shape index (κ3) is 1.78. The fraction of sp³-hybridized carbons (Fsp3) is 0.615. The van der Waals surface area contributed by atoms with Crippen LogP contribution in [0.5, 0.6) is 0 Å². The summed E-state index contributed by atoms with van der Waals surface area (Å²) in [4.78, 5) is 4.07. The molecule has 0 aliphatic heterocycles. The van der Waals surface area contributed by atoms with Gasteiger partial charge in [0.25, 0.3) is 0 Å². The highest BCUT2D eigenvalue weighted by Crippen LogP contribution is 2.52. The fourth-order valence-corrected chi connectivity index (χ4v) is 2.68. The van der Waals surface area contributed by atoms with Gasteiger partial charge in [0.05, 0.1) is 0 Å². The van der Waals surface area contributed by atoms with E-state index in [9.17, 15) is 0 Å². The zero-order valence-corrected chi connectivity index (χ0v) is 9.83. The molecule has 0 saturated heterocycles. The van der Waals surface area contributed by atoms with Gasteiger partial charge in [-0.25, -0.2) is 0 Å². The van der Waals surface area contributed by atoms with Crippen LogP contribution < -0.4 is 5.32 Å². The van der Waals surface area contributed by atoms with Crippen LogP contribution in [-0.4, -0.2) is 17.6 Å². The highest BCUT2D eigenvalue weighted by atomic mass is 15.0. The smallest absolute Gasteiger partial charge is 0.0270 e. The summed E-state index contributed by atoms with van der Waals surface area (Å²) in [5.41, 5.74) is 1.81. The summed E-state index contributed by atoms with van der Waals surface area (Å²) >= 11 is 0. The monoisotopic (exact) mass is 204 g/mol. The van der Waals surface area contributed by atoms with Crippen LogP contribution in [0.4, 0.5) is 0 Å². The summed E-state index contributed by atoms with van der Waals surface area (Å²) < 4.78 is 0. The minimum atomic E-state index is 0.372. The Morgan fingerprint density at radius 1 is 1.40 bits per heavy atom. The zero-order chi connectivity index (χ0) is 10.9. The maximum Gasteiger partial charge on any atom is 0.0270 e. The molecule has 0 amide bonds. The van der Waals surface area contributed by atoms with Gasteiger partial charge in [-0.2, -0.15) is 0 Å². The van der Waals surface area contributed by atoms with Crippen LogP contribution >= 0.6 is 0 Å². The molecule has 2 heteroatoms.